The maximum absolute atomic E-state index is 12.1. The van der Waals surface area contributed by atoms with Crippen LogP contribution in [-0.4, -0.2) is 11.2 Å². The Kier molecular flexibility index (Phi) is 1.02. The molecular formula is C4H6F2S. The molecule has 0 radical (unpaired) electrons. The second-order valence-corrected chi connectivity index (χ2v) is 2.57. The van der Waals surface area contributed by atoms with Gasteiger partial charge in [0.2, 0.25) is 0 Å². The molecule has 1 fully saturated rings. The third-order valence-electron chi connectivity index (χ3n) is 1.23. The third-order valence-corrected chi connectivity index (χ3v) is 1.73. The van der Waals surface area contributed by atoms with E-state index >= 15 is 0 Å². The van der Waals surface area contributed by atoms with Crippen LogP contribution in [0.4, 0.5) is 8.78 Å². The van der Waals surface area contributed by atoms with Crippen LogP contribution in [0.25, 0.3) is 0 Å². The van der Waals surface area contributed by atoms with Crippen molar-refractivity contribution in [2.75, 3.05) is 0 Å². The van der Waals surface area contributed by atoms with E-state index in [1.54, 1.807) is 0 Å². The Hall–Kier alpha value is 0.210. The predicted octanol–water partition coefficient (Wildman–Crippen LogP) is 1.71. The SMILES string of the molecule is FC1CCC1(F)S. The first-order valence-electron chi connectivity index (χ1n) is 2.18. The molecule has 42 valence electrons. The monoisotopic (exact) mass is 124 g/mol. The van der Waals surface area contributed by atoms with Crippen molar-refractivity contribution < 1.29 is 8.78 Å². The van der Waals surface area contributed by atoms with Gasteiger partial charge in [-0.15, -0.1) is 12.6 Å². The van der Waals surface area contributed by atoms with Crippen molar-refractivity contribution in [3.63, 3.8) is 0 Å². The average Bonchev–Trinajstić information content (AvgIpc) is 1.63. The van der Waals surface area contributed by atoms with Crippen LogP contribution in [0.1, 0.15) is 12.8 Å². The zero-order valence-corrected chi connectivity index (χ0v) is 4.59. The summed E-state index contributed by atoms with van der Waals surface area (Å²) in [4.78, 5) is 0. The van der Waals surface area contributed by atoms with Gasteiger partial charge in [-0.1, -0.05) is 0 Å². The zero-order valence-electron chi connectivity index (χ0n) is 3.69. The highest BCUT2D eigenvalue weighted by Gasteiger charge is 2.44. The van der Waals surface area contributed by atoms with Gasteiger partial charge in [-0.3, -0.25) is 0 Å². The van der Waals surface area contributed by atoms with E-state index in [4.69, 9.17) is 0 Å². The molecule has 3 heteroatoms. The summed E-state index contributed by atoms with van der Waals surface area (Å²) >= 11 is 3.39. The highest BCUT2D eigenvalue weighted by molar-refractivity contribution is 7.81. The van der Waals surface area contributed by atoms with Crippen molar-refractivity contribution in [3.05, 3.63) is 0 Å². The highest BCUT2D eigenvalue weighted by Crippen LogP contribution is 2.41. The largest absolute Gasteiger partial charge is 0.243 e. The molecule has 0 spiro atoms. The Bertz CT molecular complexity index is 81.8. The summed E-state index contributed by atoms with van der Waals surface area (Å²) in [6.07, 6.45) is -0.729. The molecule has 0 aliphatic heterocycles. The van der Waals surface area contributed by atoms with Gasteiger partial charge in [-0.2, -0.15) is 0 Å². The maximum atomic E-state index is 12.1. The molecule has 0 nitrogen and oxygen atoms in total. The van der Waals surface area contributed by atoms with E-state index in [1.807, 2.05) is 0 Å². The van der Waals surface area contributed by atoms with Crippen LogP contribution in [0.15, 0.2) is 0 Å². The Morgan fingerprint density at radius 2 is 2.14 bits per heavy atom. The Morgan fingerprint density at radius 1 is 1.71 bits per heavy atom. The fraction of sp³-hybridized carbons (Fsp3) is 1.00. The number of hydrogen-bond donors (Lipinski definition) is 1. The molecule has 0 aromatic heterocycles. The van der Waals surface area contributed by atoms with E-state index in [2.05, 4.69) is 12.6 Å². The zero-order chi connectivity index (χ0) is 5.49. The van der Waals surface area contributed by atoms with Crippen LogP contribution in [0.3, 0.4) is 0 Å². The summed E-state index contributed by atoms with van der Waals surface area (Å²) in [5.74, 6) is 0. The fourth-order valence-electron chi connectivity index (χ4n) is 0.492. The standard InChI is InChI=1S/C4H6F2S/c5-3-1-2-4(3,6)7/h3,7H,1-2H2. The summed E-state index contributed by atoms with van der Waals surface area (Å²) in [7, 11) is 0. The normalized spacial score (nSPS) is 51.0. The van der Waals surface area contributed by atoms with E-state index in [0.717, 1.165) is 0 Å². The molecule has 1 aliphatic rings. The summed E-state index contributed by atoms with van der Waals surface area (Å²) in [6, 6.07) is 0. The smallest absolute Gasteiger partial charge is 0.184 e. The van der Waals surface area contributed by atoms with Gasteiger partial charge in [-0.05, 0) is 12.8 Å². The number of rotatable bonds is 0. The molecule has 0 aromatic rings. The van der Waals surface area contributed by atoms with Crippen LogP contribution in [-0.2, 0) is 0 Å². The van der Waals surface area contributed by atoms with Crippen LogP contribution >= 0.6 is 12.6 Å². The lowest BCUT2D eigenvalue weighted by molar-refractivity contribution is 0.0424. The van der Waals surface area contributed by atoms with Crippen LogP contribution in [0, 0.1) is 0 Å². The lowest BCUT2D eigenvalue weighted by atomic mass is 9.94. The molecule has 0 aromatic carbocycles. The maximum Gasteiger partial charge on any atom is 0.184 e. The molecular weight excluding hydrogens is 118 g/mol. The quantitative estimate of drug-likeness (QED) is 0.467. The molecule has 0 amide bonds. The minimum absolute atomic E-state index is 0.261. The molecule has 2 unspecified atom stereocenters. The Balaban J connectivity index is 2.43. The van der Waals surface area contributed by atoms with Crippen molar-refractivity contribution in [3.8, 4) is 0 Å². The van der Waals surface area contributed by atoms with Gasteiger partial charge < -0.3 is 0 Å². The van der Waals surface area contributed by atoms with Gasteiger partial charge in [0.05, 0.1) is 0 Å². The summed E-state index contributed by atoms with van der Waals surface area (Å²) in [6.45, 7) is 0. The molecule has 0 heterocycles. The van der Waals surface area contributed by atoms with Crippen molar-refractivity contribution >= 4 is 12.6 Å². The van der Waals surface area contributed by atoms with Crippen LogP contribution in [0.5, 0.6) is 0 Å². The molecule has 0 bridgehead atoms. The molecule has 0 N–H and O–H groups in total. The number of thiol groups is 1. The van der Waals surface area contributed by atoms with E-state index in [-0.39, 0.29) is 6.42 Å². The first-order valence-corrected chi connectivity index (χ1v) is 2.63. The second kappa shape index (κ2) is 1.34. The molecule has 7 heavy (non-hydrogen) atoms. The van der Waals surface area contributed by atoms with E-state index in [1.165, 1.54) is 0 Å². The molecule has 1 rings (SSSR count). The number of alkyl halides is 2. The summed E-state index contributed by atoms with van der Waals surface area (Å²) in [5, 5.41) is -1.79. The van der Waals surface area contributed by atoms with E-state index in [9.17, 15) is 8.78 Å². The minimum Gasteiger partial charge on any atom is -0.243 e. The molecule has 1 aliphatic carbocycles. The topological polar surface area (TPSA) is 0 Å². The fourth-order valence-corrected chi connectivity index (χ4v) is 0.750. The third kappa shape index (κ3) is 0.738. The van der Waals surface area contributed by atoms with Gasteiger partial charge in [0.15, 0.2) is 5.00 Å². The van der Waals surface area contributed by atoms with Gasteiger partial charge in [-0.25, -0.2) is 8.78 Å². The van der Waals surface area contributed by atoms with Gasteiger partial charge >= 0.3 is 0 Å². The van der Waals surface area contributed by atoms with Crippen LogP contribution in [0.2, 0.25) is 0 Å². The lowest BCUT2D eigenvalue weighted by Gasteiger charge is -2.32. The first-order chi connectivity index (χ1) is 3.13. The molecule has 1 saturated carbocycles. The van der Waals surface area contributed by atoms with Crippen molar-refractivity contribution in [2.45, 2.75) is 24.0 Å². The minimum atomic E-state index is -1.79. The summed E-state index contributed by atoms with van der Waals surface area (Å²) < 4.78 is 23.9. The number of hydrogen-bond acceptors (Lipinski definition) is 1. The lowest BCUT2D eigenvalue weighted by Crippen LogP contribution is -2.39. The Labute approximate surface area is 46.3 Å². The first kappa shape index (κ1) is 5.35. The summed E-state index contributed by atoms with van der Waals surface area (Å²) in [5.41, 5.74) is 0. The van der Waals surface area contributed by atoms with E-state index in [0.29, 0.717) is 6.42 Å². The van der Waals surface area contributed by atoms with E-state index < -0.39 is 11.2 Å². The van der Waals surface area contributed by atoms with Crippen molar-refractivity contribution in [2.24, 2.45) is 0 Å². The van der Waals surface area contributed by atoms with Crippen molar-refractivity contribution in [1.29, 1.82) is 0 Å². The number of halogens is 2. The highest BCUT2D eigenvalue weighted by atomic mass is 32.1. The van der Waals surface area contributed by atoms with Gasteiger partial charge in [0.1, 0.15) is 6.17 Å². The molecule has 2 atom stereocenters. The predicted molar refractivity (Wildman–Crippen MR) is 27.0 cm³/mol. The van der Waals surface area contributed by atoms with Gasteiger partial charge in [0, 0.05) is 0 Å². The van der Waals surface area contributed by atoms with Crippen LogP contribution < -0.4 is 0 Å². The Morgan fingerprint density at radius 3 is 2.14 bits per heavy atom. The van der Waals surface area contributed by atoms with Crippen molar-refractivity contribution in [1.82, 2.24) is 0 Å². The molecule has 0 saturated heterocycles. The average molecular weight is 124 g/mol. The van der Waals surface area contributed by atoms with Gasteiger partial charge in [0.25, 0.3) is 0 Å². The second-order valence-electron chi connectivity index (χ2n) is 1.82.